The molecule has 2 aliphatic rings. The molecule has 12 unspecified atom stereocenters. The van der Waals surface area contributed by atoms with Crippen molar-refractivity contribution in [3.63, 3.8) is 0 Å². The molecule has 2 rings (SSSR count). The summed E-state index contributed by atoms with van der Waals surface area (Å²) in [5, 5.41) is 87.2. The smallest absolute Gasteiger partial charge is 0.220 e. The summed E-state index contributed by atoms with van der Waals surface area (Å²) in [4.78, 5) is 13.2. The largest absolute Gasteiger partial charge is 0.394 e. The molecule has 0 aromatic rings. The summed E-state index contributed by atoms with van der Waals surface area (Å²) in [6.45, 7) is 2.73. The van der Waals surface area contributed by atoms with Gasteiger partial charge >= 0.3 is 0 Å². The van der Waals surface area contributed by atoms with Crippen molar-refractivity contribution in [2.45, 2.75) is 306 Å². The van der Waals surface area contributed by atoms with E-state index in [4.69, 9.17) is 18.9 Å². The molecule has 0 saturated carbocycles. The van der Waals surface area contributed by atoms with Crippen molar-refractivity contribution in [3.05, 3.63) is 48.6 Å². The van der Waals surface area contributed by atoms with Gasteiger partial charge in [0.1, 0.15) is 48.8 Å². The fraction of sp³-hybridized carbons (Fsp3) is 0.850. The summed E-state index contributed by atoms with van der Waals surface area (Å²) in [5.41, 5.74) is 0. The number of carbonyl (C=O) groups excluding carboxylic acids is 1. The van der Waals surface area contributed by atoms with Crippen molar-refractivity contribution < 1.29 is 64.6 Å². The van der Waals surface area contributed by atoms with Gasteiger partial charge in [-0.15, -0.1) is 0 Å². The standard InChI is InChI=1S/C60H109NO13/c1-3-5-7-9-11-13-15-17-19-20-21-22-23-24-25-26-27-28-30-31-33-35-37-39-41-43-49(64)48(61-52(65)44-42-40-38-36-34-32-29-18-16-14-12-10-8-6-4-2)47-71-59-57(70)55(68)58(51(46-63)73-59)74-60-56(69)54(67)53(66)50(45-62)72-60/h6,8,12,14,18,29,34,36,48-51,53-60,62-64,66-70H,3-5,7,9-11,13,15-17,19-28,30-33,35,37-47H2,1-2H3,(H,61,65)/b8-6-,14-12-,29-18-,36-34-. The van der Waals surface area contributed by atoms with Gasteiger partial charge in [0.15, 0.2) is 12.6 Å². The molecule has 2 fully saturated rings. The summed E-state index contributed by atoms with van der Waals surface area (Å²) in [6, 6.07) is -0.852. The zero-order valence-corrected chi connectivity index (χ0v) is 46.3. The third kappa shape index (κ3) is 31.4. The Morgan fingerprint density at radius 3 is 1.41 bits per heavy atom. The first-order valence-electron chi connectivity index (χ1n) is 29.9. The molecule has 0 spiro atoms. The first-order chi connectivity index (χ1) is 36.1. The maximum absolute atomic E-state index is 13.2. The number of unbranched alkanes of at least 4 members (excludes halogenated alkanes) is 26. The summed E-state index contributed by atoms with van der Waals surface area (Å²) >= 11 is 0. The molecule has 2 saturated heterocycles. The monoisotopic (exact) mass is 1050 g/mol. The fourth-order valence-electron chi connectivity index (χ4n) is 9.76. The highest BCUT2D eigenvalue weighted by Crippen LogP contribution is 2.30. The van der Waals surface area contributed by atoms with Crippen molar-refractivity contribution in [2.24, 2.45) is 0 Å². The Morgan fingerprint density at radius 1 is 0.500 bits per heavy atom. The Labute approximate surface area is 448 Å². The molecule has 1 amide bonds. The van der Waals surface area contributed by atoms with Crippen LogP contribution in [0.1, 0.15) is 232 Å². The average Bonchev–Trinajstić information content (AvgIpc) is 3.40. The molecule has 0 bridgehead atoms. The second kappa shape index (κ2) is 45.9. The Kier molecular flexibility index (Phi) is 42.2. The number of hydrogen-bond acceptors (Lipinski definition) is 13. The fourth-order valence-corrected chi connectivity index (χ4v) is 9.76. The number of hydrogen-bond donors (Lipinski definition) is 9. The predicted octanol–water partition coefficient (Wildman–Crippen LogP) is 10.0. The van der Waals surface area contributed by atoms with Crippen LogP contribution in [0.15, 0.2) is 48.6 Å². The van der Waals surface area contributed by atoms with Crippen LogP contribution in [0, 0.1) is 0 Å². The van der Waals surface area contributed by atoms with Gasteiger partial charge in [0.25, 0.3) is 0 Å². The van der Waals surface area contributed by atoms with E-state index in [1.165, 1.54) is 135 Å². The highest BCUT2D eigenvalue weighted by atomic mass is 16.7. The molecule has 74 heavy (non-hydrogen) atoms. The minimum atomic E-state index is -1.79. The van der Waals surface area contributed by atoms with Gasteiger partial charge in [-0.05, 0) is 51.4 Å². The third-order valence-corrected chi connectivity index (χ3v) is 14.6. The number of aliphatic hydroxyl groups is 8. The molecular formula is C60H109NO13. The van der Waals surface area contributed by atoms with Crippen molar-refractivity contribution in [2.75, 3.05) is 19.8 Å². The van der Waals surface area contributed by atoms with E-state index in [2.05, 4.69) is 67.8 Å². The molecular weight excluding hydrogens is 943 g/mol. The maximum atomic E-state index is 13.2. The van der Waals surface area contributed by atoms with E-state index in [1.807, 2.05) is 0 Å². The third-order valence-electron chi connectivity index (χ3n) is 14.6. The number of nitrogens with one attached hydrogen (secondary N) is 1. The maximum Gasteiger partial charge on any atom is 0.220 e. The summed E-state index contributed by atoms with van der Waals surface area (Å²) < 4.78 is 22.8. The number of carbonyl (C=O) groups is 1. The van der Waals surface area contributed by atoms with Gasteiger partial charge in [0, 0.05) is 6.42 Å². The lowest BCUT2D eigenvalue weighted by molar-refractivity contribution is -0.359. The van der Waals surface area contributed by atoms with Crippen LogP contribution in [-0.4, -0.2) is 140 Å². The SMILES string of the molecule is CC/C=C\C/C=C\C/C=C\C/C=C\CCCCC(=O)NC(COC1OC(CO)C(OC2OC(CO)C(O)C(O)C2O)C(O)C1O)C(O)CCCCCCCCCCCCCCCCCCCCCCCCCCC. The quantitative estimate of drug-likeness (QED) is 0.0205. The zero-order valence-electron chi connectivity index (χ0n) is 46.3. The second-order valence-corrected chi connectivity index (χ2v) is 21.1. The van der Waals surface area contributed by atoms with Crippen LogP contribution >= 0.6 is 0 Å². The molecule has 0 aliphatic carbocycles. The first-order valence-corrected chi connectivity index (χ1v) is 29.9. The molecule has 0 aromatic heterocycles. The van der Waals surface area contributed by atoms with Crippen LogP contribution in [-0.2, 0) is 23.7 Å². The first kappa shape index (κ1) is 68.1. The van der Waals surface area contributed by atoms with E-state index in [0.717, 1.165) is 64.2 Å². The van der Waals surface area contributed by atoms with Gasteiger partial charge in [0.2, 0.25) is 5.91 Å². The summed E-state index contributed by atoms with van der Waals surface area (Å²) in [7, 11) is 0. The minimum absolute atomic E-state index is 0.246. The molecule has 2 heterocycles. The van der Waals surface area contributed by atoms with Crippen molar-refractivity contribution in [3.8, 4) is 0 Å². The number of aliphatic hydroxyl groups excluding tert-OH is 8. The number of ether oxygens (including phenoxy) is 4. The van der Waals surface area contributed by atoms with E-state index >= 15 is 0 Å². The van der Waals surface area contributed by atoms with Crippen LogP contribution in [0.2, 0.25) is 0 Å². The minimum Gasteiger partial charge on any atom is -0.394 e. The lowest BCUT2D eigenvalue weighted by Gasteiger charge is -2.46. The van der Waals surface area contributed by atoms with Crippen LogP contribution < -0.4 is 5.32 Å². The van der Waals surface area contributed by atoms with Crippen molar-refractivity contribution >= 4 is 5.91 Å². The van der Waals surface area contributed by atoms with Gasteiger partial charge in [-0.25, -0.2) is 0 Å². The zero-order chi connectivity index (χ0) is 53.9. The van der Waals surface area contributed by atoms with Crippen LogP contribution in [0.25, 0.3) is 0 Å². The molecule has 9 N–H and O–H groups in total. The predicted molar refractivity (Wildman–Crippen MR) is 295 cm³/mol. The van der Waals surface area contributed by atoms with Gasteiger partial charge in [-0.3, -0.25) is 4.79 Å². The van der Waals surface area contributed by atoms with Crippen LogP contribution in [0.4, 0.5) is 0 Å². The highest BCUT2D eigenvalue weighted by Gasteiger charge is 2.51. The molecule has 432 valence electrons. The average molecular weight is 1050 g/mol. The van der Waals surface area contributed by atoms with E-state index in [1.54, 1.807) is 0 Å². The van der Waals surface area contributed by atoms with Crippen molar-refractivity contribution in [1.82, 2.24) is 5.32 Å². The van der Waals surface area contributed by atoms with Gasteiger partial charge < -0.3 is 65.1 Å². The Balaban J connectivity index is 1.74. The Morgan fingerprint density at radius 2 is 0.932 bits per heavy atom. The van der Waals surface area contributed by atoms with Gasteiger partial charge in [0.05, 0.1) is 32.0 Å². The molecule has 12 atom stereocenters. The van der Waals surface area contributed by atoms with E-state index in [0.29, 0.717) is 12.8 Å². The highest BCUT2D eigenvalue weighted by molar-refractivity contribution is 5.76. The number of amides is 1. The lowest BCUT2D eigenvalue weighted by Crippen LogP contribution is -2.65. The van der Waals surface area contributed by atoms with Gasteiger partial charge in [-0.1, -0.05) is 223 Å². The lowest BCUT2D eigenvalue weighted by atomic mass is 9.97. The summed E-state index contributed by atoms with van der Waals surface area (Å²) in [6.07, 6.45) is 39.8. The number of rotatable bonds is 47. The molecule has 14 heteroatoms. The molecule has 2 aliphatic heterocycles. The second-order valence-electron chi connectivity index (χ2n) is 21.1. The molecule has 14 nitrogen and oxygen atoms in total. The Bertz CT molecular complexity index is 1430. The topological polar surface area (TPSA) is 228 Å². The Hall–Kier alpha value is -2.05. The number of allylic oxidation sites excluding steroid dienone is 8. The van der Waals surface area contributed by atoms with E-state index in [-0.39, 0.29) is 18.9 Å². The van der Waals surface area contributed by atoms with Crippen molar-refractivity contribution in [1.29, 1.82) is 0 Å². The van der Waals surface area contributed by atoms with Crippen LogP contribution in [0.5, 0.6) is 0 Å². The normalized spacial score (nSPS) is 25.5. The summed E-state index contributed by atoms with van der Waals surface area (Å²) in [5.74, 6) is -0.246. The van der Waals surface area contributed by atoms with E-state index in [9.17, 15) is 45.6 Å². The van der Waals surface area contributed by atoms with E-state index < -0.39 is 86.8 Å². The van der Waals surface area contributed by atoms with Gasteiger partial charge in [-0.2, -0.15) is 0 Å². The van der Waals surface area contributed by atoms with Crippen LogP contribution in [0.3, 0.4) is 0 Å². The molecule has 0 radical (unpaired) electrons. The molecule has 0 aromatic carbocycles.